The predicted octanol–water partition coefficient (Wildman–Crippen LogP) is 3.01. The molecule has 0 spiro atoms. The van der Waals surface area contributed by atoms with Gasteiger partial charge in [0.15, 0.2) is 0 Å². The Bertz CT molecular complexity index is 630. The van der Waals surface area contributed by atoms with Crippen molar-refractivity contribution < 1.29 is 4.79 Å². The molecule has 1 saturated heterocycles. The Hall–Kier alpha value is -1.84. The standard InChI is InChI=1S/C17H17ClN2O/c18-15-9-5-4-8-14(15)12-20-11-10-19-17(21)16(20)13-6-2-1-3-7-13/h1-9,16H,10-12H2,(H,19,21). The number of benzene rings is 2. The third-order valence-electron chi connectivity index (χ3n) is 3.76. The third-order valence-corrected chi connectivity index (χ3v) is 4.13. The lowest BCUT2D eigenvalue weighted by molar-refractivity contribution is -0.129. The van der Waals surface area contributed by atoms with Crippen molar-refractivity contribution in [1.82, 2.24) is 10.2 Å². The van der Waals surface area contributed by atoms with Gasteiger partial charge < -0.3 is 5.32 Å². The number of nitrogens with zero attached hydrogens (tertiary/aromatic N) is 1. The summed E-state index contributed by atoms with van der Waals surface area (Å²) in [7, 11) is 0. The molecule has 1 unspecified atom stereocenters. The van der Waals surface area contributed by atoms with Crippen LogP contribution in [0.4, 0.5) is 0 Å². The fourth-order valence-electron chi connectivity index (χ4n) is 2.73. The maximum Gasteiger partial charge on any atom is 0.242 e. The summed E-state index contributed by atoms with van der Waals surface area (Å²) in [5, 5.41) is 3.69. The summed E-state index contributed by atoms with van der Waals surface area (Å²) >= 11 is 6.25. The number of hydrogen-bond donors (Lipinski definition) is 1. The largest absolute Gasteiger partial charge is 0.353 e. The van der Waals surface area contributed by atoms with E-state index in [0.717, 1.165) is 22.7 Å². The molecular weight excluding hydrogens is 284 g/mol. The van der Waals surface area contributed by atoms with Crippen LogP contribution in [0.3, 0.4) is 0 Å². The fourth-order valence-corrected chi connectivity index (χ4v) is 2.92. The van der Waals surface area contributed by atoms with Crippen LogP contribution >= 0.6 is 11.6 Å². The Labute approximate surface area is 129 Å². The van der Waals surface area contributed by atoms with Gasteiger partial charge in [0.2, 0.25) is 5.91 Å². The predicted molar refractivity (Wildman–Crippen MR) is 84.1 cm³/mol. The van der Waals surface area contributed by atoms with Gasteiger partial charge in [0, 0.05) is 24.7 Å². The van der Waals surface area contributed by atoms with Gasteiger partial charge >= 0.3 is 0 Å². The second kappa shape index (κ2) is 6.29. The Morgan fingerprint density at radius 2 is 1.81 bits per heavy atom. The Morgan fingerprint density at radius 1 is 1.10 bits per heavy atom. The van der Waals surface area contributed by atoms with E-state index in [1.54, 1.807) is 0 Å². The van der Waals surface area contributed by atoms with Crippen LogP contribution in [0.25, 0.3) is 0 Å². The monoisotopic (exact) mass is 300 g/mol. The van der Waals surface area contributed by atoms with Crippen molar-refractivity contribution >= 4 is 17.5 Å². The van der Waals surface area contributed by atoms with Crippen molar-refractivity contribution in [2.24, 2.45) is 0 Å². The van der Waals surface area contributed by atoms with Crippen molar-refractivity contribution in [1.29, 1.82) is 0 Å². The van der Waals surface area contributed by atoms with E-state index in [4.69, 9.17) is 11.6 Å². The van der Waals surface area contributed by atoms with Crippen molar-refractivity contribution in [2.45, 2.75) is 12.6 Å². The first-order valence-corrected chi connectivity index (χ1v) is 7.43. The second-order valence-electron chi connectivity index (χ2n) is 5.17. The molecule has 1 atom stereocenters. The van der Waals surface area contributed by atoms with Gasteiger partial charge in [-0.05, 0) is 17.2 Å². The minimum absolute atomic E-state index is 0.0551. The summed E-state index contributed by atoms with van der Waals surface area (Å²) in [5.74, 6) is 0.0551. The highest BCUT2D eigenvalue weighted by atomic mass is 35.5. The minimum atomic E-state index is -0.253. The molecule has 108 valence electrons. The number of piperazine rings is 1. The van der Waals surface area contributed by atoms with Crippen LogP contribution in [0.15, 0.2) is 54.6 Å². The van der Waals surface area contributed by atoms with Crippen LogP contribution in [0.1, 0.15) is 17.2 Å². The molecule has 1 amide bonds. The second-order valence-corrected chi connectivity index (χ2v) is 5.57. The number of halogens is 1. The zero-order valence-corrected chi connectivity index (χ0v) is 12.4. The number of carbonyl (C=O) groups excluding carboxylic acids is 1. The number of carbonyl (C=O) groups is 1. The van der Waals surface area contributed by atoms with Crippen LogP contribution in [-0.2, 0) is 11.3 Å². The van der Waals surface area contributed by atoms with Crippen molar-refractivity contribution in [3.63, 3.8) is 0 Å². The fraction of sp³-hybridized carbons (Fsp3) is 0.235. The molecule has 21 heavy (non-hydrogen) atoms. The molecule has 1 fully saturated rings. The van der Waals surface area contributed by atoms with E-state index in [0.29, 0.717) is 13.1 Å². The van der Waals surface area contributed by atoms with E-state index < -0.39 is 0 Å². The summed E-state index contributed by atoms with van der Waals surface area (Å²) < 4.78 is 0. The Balaban J connectivity index is 1.88. The maximum atomic E-state index is 12.3. The number of amides is 1. The zero-order valence-electron chi connectivity index (χ0n) is 11.6. The Kier molecular flexibility index (Phi) is 4.23. The number of nitrogens with one attached hydrogen (secondary N) is 1. The molecule has 0 bridgehead atoms. The van der Waals surface area contributed by atoms with E-state index in [9.17, 15) is 4.79 Å². The molecule has 1 heterocycles. The lowest BCUT2D eigenvalue weighted by Crippen LogP contribution is -2.49. The van der Waals surface area contributed by atoms with Crippen LogP contribution in [0.2, 0.25) is 5.02 Å². The molecule has 0 radical (unpaired) electrons. The molecule has 0 saturated carbocycles. The highest BCUT2D eigenvalue weighted by molar-refractivity contribution is 6.31. The molecule has 1 N–H and O–H groups in total. The quantitative estimate of drug-likeness (QED) is 0.945. The first kappa shape index (κ1) is 14.1. The summed E-state index contributed by atoms with van der Waals surface area (Å²) in [6.45, 7) is 2.16. The van der Waals surface area contributed by atoms with Gasteiger partial charge in [-0.3, -0.25) is 9.69 Å². The van der Waals surface area contributed by atoms with Gasteiger partial charge in [-0.15, -0.1) is 0 Å². The molecule has 2 aromatic rings. The van der Waals surface area contributed by atoms with Crippen LogP contribution < -0.4 is 5.32 Å². The van der Waals surface area contributed by atoms with Gasteiger partial charge in [0.25, 0.3) is 0 Å². The lowest BCUT2D eigenvalue weighted by Gasteiger charge is -2.35. The van der Waals surface area contributed by atoms with E-state index >= 15 is 0 Å². The molecule has 1 aliphatic heterocycles. The summed E-state index contributed by atoms with van der Waals surface area (Å²) in [4.78, 5) is 14.5. The van der Waals surface area contributed by atoms with Gasteiger partial charge in [-0.1, -0.05) is 60.1 Å². The highest BCUT2D eigenvalue weighted by Gasteiger charge is 2.31. The smallest absolute Gasteiger partial charge is 0.242 e. The summed E-state index contributed by atoms with van der Waals surface area (Å²) in [6.07, 6.45) is 0. The summed E-state index contributed by atoms with van der Waals surface area (Å²) in [6, 6.07) is 17.4. The van der Waals surface area contributed by atoms with E-state index in [1.165, 1.54) is 0 Å². The van der Waals surface area contributed by atoms with Crippen molar-refractivity contribution in [3.8, 4) is 0 Å². The summed E-state index contributed by atoms with van der Waals surface area (Å²) in [5.41, 5.74) is 2.07. The average molecular weight is 301 g/mol. The number of rotatable bonds is 3. The molecule has 0 aromatic heterocycles. The lowest BCUT2D eigenvalue weighted by atomic mass is 10.0. The SMILES string of the molecule is O=C1NCCN(Cc2ccccc2Cl)C1c1ccccc1. The maximum absolute atomic E-state index is 12.3. The molecule has 0 aliphatic carbocycles. The van der Waals surface area contributed by atoms with Crippen LogP contribution in [0, 0.1) is 0 Å². The first-order valence-electron chi connectivity index (χ1n) is 7.06. The molecule has 3 rings (SSSR count). The molecule has 4 heteroatoms. The van der Waals surface area contributed by atoms with Crippen molar-refractivity contribution in [2.75, 3.05) is 13.1 Å². The van der Waals surface area contributed by atoms with Crippen LogP contribution in [0.5, 0.6) is 0 Å². The van der Waals surface area contributed by atoms with Gasteiger partial charge in [-0.2, -0.15) is 0 Å². The number of hydrogen-bond acceptors (Lipinski definition) is 2. The molecule has 2 aromatic carbocycles. The minimum Gasteiger partial charge on any atom is -0.353 e. The molecular formula is C17H17ClN2O. The average Bonchev–Trinajstić information content (AvgIpc) is 2.51. The van der Waals surface area contributed by atoms with Crippen molar-refractivity contribution in [3.05, 3.63) is 70.7 Å². The van der Waals surface area contributed by atoms with Gasteiger partial charge in [0.05, 0.1) is 0 Å². The Morgan fingerprint density at radius 3 is 2.57 bits per heavy atom. The first-order chi connectivity index (χ1) is 10.3. The van der Waals surface area contributed by atoms with Crippen LogP contribution in [-0.4, -0.2) is 23.9 Å². The van der Waals surface area contributed by atoms with Gasteiger partial charge in [0.1, 0.15) is 6.04 Å². The molecule has 3 nitrogen and oxygen atoms in total. The zero-order chi connectivity index (χ0) is 14.7. The van der Waals surface area contributed by atoms with E-state index in [1.807, 2.05) is 54.6 Å². The molecule has 1 aliphatic rings. The van der Waals surface area contributed by atoms with Gasteiger partial charge in [-0.25, -0.2) is 0 Å². The third kappa shape index (κ3) is 3.09. The van der Waals surface area contributed by atoms with E-state index in [2.05, 4.69) is 10.2 Å². The highest BCUT2D eigenvalue weighted by Crippen LogP contribution is 2.27. The topological polar surface area (TPSA) is 32.3 Å². The van der Waals surface area contributed by atoms with E-state index in [-0.39, 0.29) is 11.9 Å². The normalized spacial score (nSPS) is 19.3.